The van der Waals surface area contributed by atoms with Crippen molar-refractivity contribution in [2.24, 2.45) is 0 Å². The van der Waals surface area contributed by atoms with Gasteiger partial charge in [-0.05, 0) is 72.6 Å². The second kappa shape index (κ2) is 13.9. The summed E-state index contributed by atoms with van der Waals surface area (Å²) in [5, 5.41) is 0.425. The van der Waals surface area contributed by atoms with Crippen molar-refractivity contribution >= 4 is 23.5 Å². The van der Waals surface area contributed by atoms with Crippen LogP contribution in [-0.4, -0.2) is 34.3 Å². The zero-order chi connectivity index (χ0) is 26.9. The Labute approximate surface area is 211 Å². The van der Waals surface area contributed by atoms with Crippen LogP contribution in [0.15, 0.2) is 27.8 Å². The highest BCUT2D eigenvalue weighted by atomic mass is 35.5. The van der Waals surface area contributed by atoms with Gasteiger partial charge in [-0.1, -0.05) is 25.4 Å². The zero-order valence-electron chi connectivity index (χ0n) is 21.9. The molecule has 2 aromatic heterocycles. The zero-order valence-corrected chi connectivity index (χ0v) is 22.7. The number of halogens is 1. The summed E-state index contributed by atoms with van der Waals surface area (Å²) in [6.07, 6.45) is 1.39. The van der Waals surface area contributed by atoms with Crippen LogP contribution in [-0.2, 0) is 22.3 Å². The maximum absolute atomic E-state index is 12.3. The van der Waals surface area contributed by atoms with Crippen LogP contribution in [0.1, 0.15) is 99.6 Å². The van der Waals surface area contributed by atoms with E-state index in [0.717, 1.165) is 17.8 Å². The number of carbonyl (C=O) groups excluding carboxylic acids is 2. The molecule has 0 unspecified atom stereocenters. The molecule has 0 radical (unpaired) electrons. The molecule has 9 heteroatoms. The fourth-order valence-corrected chi connectivity index (χ4v) is 4.02. The average molecular weight is 509 g/mol. The molecule has 0 N–H and O–H groups in total. The number of esters is 2. The summed E-state index contributed by atoms with van der Waals surface area (Å²) in [5.41, 5.74) is 1.16. The van der Waals surface area contributed by atoms with Gasteiger partial charge >= 0.3 is 11.9 Å². The van der Waals surface area contributed by atoms with Crippen LogP contribution >= 0.6 is 11.6 Å². The minimum absolute atomic E-state index is 0.00671. The van der Waals surface area contributed by atoms with Crippen LogP contribution in [0.25, 0.3) is 0 Å². The topological polar surface area (TPSA) is 96.6 Å². The van der Waals surface area contributed by atoms with E-state index in [4.69, 9.17) is 21.1 Å². The lowest BCUT2D eigenvalue weighted by Gasteiger charge is -2.18. The molecule has 0 atom stereocenters. The Morgan fingerprint density at radius 1 is 0.800 bits per heavy atom. The van der Waals surface area contributed by atoms with E-state index in [-0.39, 0.29) is 47.5 Å². The van der Waals surface area contributed by atoms with Crippen molar-refractivity contribution in [3.05, 3.63) is 66.4 Å². The first-order valence-corrected chi connectivity index (χ1v) is 12.4. The largest absolute Gasteiger partial charge is 0.462 e. The summed E-state index contributed by atoms with van der Waals surface area (Å²) < 4.78 is 12.9. The van der Waals surface area contributed by atoms with Crippen LogP contribution in [0, 0.1) is 0 Å². The Bertz CT molecular complexity index is 1150. The van der Waals surface area contributed by atoms with Gasteiger partial charge in [0.25, 0.3) is 11.1 Å². The first kappa shape index (κ1) is 30.2. The smallest absolute Gasteiger partial charge is 0.343 e. The highest BCUT2D eigenvalue weighted by Crippen LogP contribution is 2.19. The second-order valence-electron chi connectivity index (χ2n) is 8.28. The van der Waals surface area contributed by atoms with E-state index >= 15 is 0 Å². The standard InChI is InChI=1S/C13H18ClNO3.C13H19NO3/c1-5-11-10(14)7-9(13(17)18-6-2)12(16)15(11)8(3)4;1-5-10-7-8-11(13(16)17-6-2)12(15)14(10)9(3)4/h7-8H,5-6H2,1-4H3;7-9H,5-6H2,1-4H3. The van der Waals surface area contributed by atoms with Gasteiger partial charge in [-0.3, -0.25) is 9.59 Å². The minimum Gasteiger partial charge on any atom is -0.462 e. The first-order chi connectivity index (χ1) is 16.5. The molecule has 0 aliphatic heterocycles. The van der Waals surface area contributed by atoms with Crippen LogP contribution in [0.5, 0.6) is 0 Å². The van der Waals surface area contributed by atoms with Crippen LogP contribution in [0.3, 0.4) is 0 Å². The van der Waals surface area contributed by atoms with Gasteiger partial charge in [0, 0.05) is 23.5 Å². The molecule has 0 saturated heterocycles. The lowest BCUT2D eigenvalue weighted by atomic mass is 10.2. The van der Waals surface area contributed by atoms with Gasteiger partial charge in [-0.15, -0.1) is 0 Å². The highest BCUT2D eigenvalue weighted by molar-refractivity contribution is 6.31. The van der Waals surface area contributed by atoms with Crippen molar-refractivity contribution in [2.45, 2.75) is 80.3 Å². The Kier molecular flexibility index (Phi) is 12.0. The minimum atomic E-state index is -0.624. The number of hydrogen-bond acceptors (Lipinski definition) is 6. The summed E-state index contributed by atoms with van der Waals surface area (Å²) in [6, 6.07) is 4.75. The molecule has 35 heavy (non-hydrogen) atoms. The second-order valence-corrected chi connectivity index (χ2v) is 8.68. The summed E-state index contributed by atoms with van der Waals surface area (Å²) >= 11 is 6.13. The van der Waals surface area contributed by atoms with E-state index in [1.807, 2.05) is 47.6 Å². The molecule has 0 aliphatic rings. The molecule has 0 amide bonds. The average Bonchev–Trinajstić information content (AvgIpc) is 2.79. The predicted octanol–water partition coefficient (Wildman–Crippen LogP) is 4.99. The van der Waals surface area contributed by atoms with Gasteiger partial charge in [0.15, 0.2) is 0 Å². The van der Waals surface area contributed by atoms with E-state index in [1.165, 1.54) is 6.07 Å². The SMILES string of the molecule is CCOC(=O)c1cc(Cl)c(CC)n(C(C)C)c1=O.CCOC(=O)c1ccc(CC)n(C(C)C)c1=O. The highest BCUT2D eigenvalue weighted by Gasteiger charge is 2.20. The van der Waals surface area contributed by atoms with Gasteiger partial charge in [0.2, 0.25) is 0 Å². The van der Waals surface area contributed by atoms with Gasteiger partial charge in [0.1, 0.15) is 11.1 Å². The summed E-state index contributed by atoms with van der Waals surface area (Å²) in [4.78, 5) is 47.7. The third-order valence-corrected chi connectivity index (χ3v) is 5.54. The van der Waals surface area contributed by atoms with E-state index in [9.17, 15) is 19.2 Å². The Balaban J connectivity index is 0.000000351. The molecule has 0 spiro atoms. The van der Waals surface area contributed by atoms with Crippen molar-refractivity contribution in [2.75, 3.05) is 13.2 Å². The lowest BCUT2D eigenvalue weighted by molar-refractivity contribution is 0.0513. The summed E-state index contributed by atoms with van der Waals surface area (Å²) in [6.45, 7) is 15.4. The van der Waals surface area contributed by atoms with Gasteiger partial charge in [0.05, 0.1) is 18.2 Å². The number of rotatable bonds is 8. The van der Waals surface area contributed by atoms with Crippen molar-refractivity contribution < 1.29 is 19.1 Å². The van der Waals surface area contributed by atoms with Crippen LogP contribution in [0.4, 0.5) is 0 Å². The molecule has 0 saturated carbocycles. The number of aryl methyl sites for hydroxylation is 1. The van der Waals surface area contributed by atoms with Crippen molar-refractivity contribution in [3.8, 4) is 0 Å². The summed E-state index contributed by atoms with van der Waals surface area (Å²) in [7, 11) is 0. The maximum atomic E-state index is 12.3. The molecule has 0 fully saturated rings. The number of pyridine rings is 2. The van der Waals surface area contributed by atoms with Gasteiger partial charge in [-0.2, -0.15) is 0 Å². The Hall–Kier alpha value is -2.87. The van der Waals surface area contributed by atoms with E-state index in [1.54, 1.807) is 29.0 Å². The number of aromatic nitrogens is 2. The number of carbonyl (C=O) groups is 2. The fraction of sp³-hybridized carbons (Fsp3) is 0.538. The van der Waals surface area contributed by atoms with E-state index < -0.39 is 11.9 Å². The number of ether oxygens (including phenoxy) is 2. The molecule has 2 rings (SSSR count). The molecule has 0 bridgehead atoms. The lowest BCUT2D eigenvalue weighted by Crippen LogP contribution is -2.31. The molecular formula is C26H37ClN2O6. The number of hydrogen-bond donors (Lipinski definition) is 0. The van der Waals surface area contributed by atoms with E-state index in [0.29, 0.717) is 11.4 Å². The predicted molar refractivity (Wildman–Crippen MR) is 138 cm³/mol. The Morgan fingerprint density at radius 2 is 1.29 bits per heavy atom. The van der Waals surface area contributed by atoms with Crippen molar-refractivity contribution in [3.63, 3.8) is 0 Å². The third kappa shape index (κ3) is 7.31. The maximum Gasteiger partial charge on any atom is 0.343 e. The monoisotopic (exact) mass is 508 g/mol. The molecule has 2 aromatic rings. The molecule has 194 valence electrons. The van der Waals surface area contributed by atoms with Crippen LogP contribution < -0.4 is 11.1 Å². The molecule has 0 aliphatic carbocycles. The van der Waals surface area contributed by atoms with Crippen molar-refractivity contribution in [1.29, 1.82) is 0 Å². The first-order valence-electron chi connectivity index (χ1n) is 12.0. The number of nitrogens with zero attached hydrogens (tertiary/aromatic N) is 2. The molecular weight excluding hydrogens is 472 g/mol. The summed E-state index contributed by atoms with van der Waals surface area (Å²) in [5.74, 6) is -1.17. The quantitative estimate of drug-likeness (QED) is 0.466. The molecule has 0 aromatic carbocycles. The fourth-order valence-electron chi connectivity index (χ4n) is 3.69. The Morgan fingerprint density at radius 3 is 1.71 bits per heavy atom. The van der Waals surface area contributed by atoms with E-state index in [2.05, 4.69) is 0 Å². The molecule has 2 heterocycles. The van der Waals surface area contributed by atoms with Crippen molar-refractivity contribution in [1.82, 2.24) is 9.13 Å². The molecule has 8 nitrogen and oxygen atoms in total. The van der Waals surface area contributed by atoms with Crippen LogP contribution in [0.2, 0.25) is 5.02 Å². The van der Waals surface area contributed by atoms with Gasteiger partial charge < -0.3 is 18.6 Å². The normalized spacial score (nSPS) is 10.7. The third-order valence-electron chi connectivity index (χ3n) is 5.21. The van der Waals surface area contributed by atoms with Gasteiger partial charge in [-0.25, -0.2) is 9.59 Å².